The monoisotopic (exact) mass is 470 g/mol. The number of nitrogens with zero attached hydrogens (tertiary/aromatic N) is 2. The van der Waals surface area contributed by atoms with E-state index < -0.39 is 0 Å². The van der Waals surface area contributed by atoms with E-state index in [-0.39, 0.29) is 0 Å². The van der Waals surface area contributed by atoms with Crippen LogP contribution in [0, 0.1) is 0 Å². The van der Waals surface area contributed by atoms with Gasteiger partial charge in [-0.05, 0) is 57.7 Å². The quantitative estimate of drug-likeness (QED) is 0.241. The second-order valence-electron chi connectivity index (χ2n) is 9.16. The van der Waals surface area contributed by atoms with Crippen molar-refractivity contribution in [3.05, 3.63) is 156 Å². The van der Waals surface area contributed by atoms with Gasteiger partial charge in [-0.15, -0.1) is 0 Å². The summed E-state index contributed by atoms with van der Waals surface area (Å²) in [5, 5.41) is 0. The standard InChI is InChI=1S/C34H34N2/c1-35(2)31-23-19-29(20-24-31)34(30-21-25-32(26-22-30)36(3)4)18-12-11-17-33(27-13-7-5-8-14-27)28-15-9-6-10-16-28/h5-26H,1-4H3/b12-11+. The molecule has 4 rings (SSSR count). The van der Waals surface area contributed by atoms with Crippen LogP contribution in [0.15, 0.2) is 133 Å². The van der Waals surface area contributed by atoms with E-state index in [9.17, 15) is 0 Å². The Hall–Kier alpha value is -4.30. The lowest BCUT2D eigenvalue weighted by atomic mass is 9.96. The normalized spacial score (nSPS) is 10.7. The summed E-state index contributed by atoms with van der Waals surface area (Å²) in [7, 11) is 8.27. The molecular weight excluding hydrogens is 436 g/mol. The van der Waals surface area contributed by atoms with Gasteiger partial charge in [-0.3, -0.25) is 0 Å². The molecule has 2 nitrogen and oxygen atoms in total. The van der Waals surface area contributed by atoms with E-state index in [2.05, 4.69) is 171 Å². The molecule has 0 radical (unpaired) electrons. The highest BCUT2D eigenvalue weighted by Gasteiger charge is 2.07. The van der Waals surface area contributed by atoms with Crippen LogP contribution in [-0.2, 0) is 0 Å². The first-order valence-corrected chi connectivity index (χ1v) is 12.3. The molecule has 2 heteroatoms. The molecule has 4 aromatic rings. The average molecular weight is 471 g/mol. The van der Waals surface area contributed by atoms with Crippen molar-refractivity contribution in [3.63, 3.8) is 0 Å². The zero-order valence-corrected chi connectivity index (χ0v) is 21.6. The lowest BCUT2D eigenvalue weighted by molar-refractivity contribution is 1.13. The maximum absolute atomic E-state index is 2.21. The van der Waals surface area contributed by atoms with Crippen LogP contribution >= 0.6 is 0 Å². The van der Waals surface area contributed by atoms with Gasteiger partial charge in [-0.25, -0.2) is 0 Å². The molecule has 36 heavy (non-hydrogen) atoms. The van der Waals surface area contributed by atoms with Gasteiger partial charge in [0, 0.05) is 39.6 Å². The van der Waals surface area contributed by atoms with Crippen molar-refractivity contribution in [2.45, 2.75) is 0 Å². The van der Waals surface area contributed by atoms with Crippen LogP contribution < -0.4 is 9.80 Å². The zero-order chi connectivity index (χ0) is 25.3. The van der Waals surface area contributed by atoms with Gasteiger partial charge in [0.25, 0.3) is 0 Å². The fraction of sp³-hybridized carbons (Fsp3) is 0.118. The summed E-state index contributed by atoms with van der Waals surface area (Å²) in [5.74, 6) is 0. The van der Waals surface area contributed by atoms with E-state index in [0.29, 0.717) is 0 Å². The second kappa shape index (κ2) is 11.9. The van der Waals surface area contributed by atoms with Crippen molar-refractivity contribution in [3.8, 4) is 0 Å². The van der Waals surface area contributed by atoms with Crippen molar-refractivity contribution in [2.75, 3.05) is 38.0 Å². The molecule has 0 unspecified atom stereocenters. The molecule has 0 heterocycles. The minimum atomic E-state index is 1.19. The van der Waals surface area contributed by atoms with E-state index in [1.807, 2.05) is 0 Å². The molecule has 0 atom stereocenters. The van der Waals surface area contributed by atoms with E-state index in [4.69, 9.17) is 0 Å². The highest BCUT2D eigenvalue weighted by atomic mass is 15.1. The Balaban J connectivity index is 1.72. The Kier molecular flexibility index (Phi) is 8.20. The van der Waals surface area contributed by atoms with Crippen molar-refractivity contribution < 1.29 is 0 Å². The maximum Gasteiger partial charge on any atom is 0.0361 e. The summed E-state index contributed by atoms with van der Waals surface area (Å²) in [6, 6.07) is 38.6. The minimum Gasteiger partial charge on any atom is -0.378 e. The SMILES string of the molecule is CN(C)c1ccc(C(=C/C=C/C=C(c2ccccc2)c2ccccc2)c2ccc(N(C)C)cc2)cc1. The van der Waals surface area contributed by atoms with Crippen LogP contribution in [0.25, 0.3) is 11.1 Å². The molecule has 0 aliphatic rings. The molecule has 0 amide bonds. The molecule has 4 aromatic carbocycles. The number of hydrogen-bond acceptors (Lipinski definition) is 2. The minimum absolute atomic E-state index is 1.19. The fourth-order valence-electron chi connectivity index (χ4n) is 4.14. The molecule has 0 saturated heterocycles. The van der Waals surface area contributed by atoms with E-state index in [1.54, 1.807) is 0 Å². The first-order valence-electron chi connectivity index (χ1n) is 12.3. The molecule has 0 bridgehead atoms. The molecular formula is C34H34N2. The molecule has 0 aliphatic heterocycles. The number of hydrogen-bond donors (Lipinski definition) is 0. The number of benzene rings is 4. The van der Waals surface area contributed by atoms with Gasteiger partial charge >= 0.3 is 0 Å². The van der Waals surface area contributed by atoms with Crippen molar-refractivity contribution >= 4 is 22.5 Å². The summed E-state index contributed by atoms with van der Waals surface area (Å²) in [6.07, 6.45) is 8.68. The summed E-state index contributed by atoms with van der Waals surface area (Å²) in [4.78, 5) is 4.25. The van der Waals surface area contributed by atoms with Crippen LogP contribution in [0.1, 0.15) is 22.3 Å². The molecule has 180 valence electrons. The molecule has 0 spiro atoms. The van der Waals surface area contributed by atoms with Gasteiger partial charge in [-0.2, -0.15) is 0 Å². The summed E-state index contributed by atoms with van der Waals surface area (Å²) >= 11 is 0. The third-order valence-corrected chi connectivity index (χ3v) is 6.20. The molecule has 0 fully saturated rings. The largest absolute Gasteiger partial charge is 0.378 e. The maximum atomic E-state index is 2.21. The van der Waals surface area contributed by atoms with Gasteiger partial charge in [0.05, 0.1) is 0 Å². The molecule has 0 aliphatic carbocycles. The Morgan fingerprint density at radius 1 is 0.417 bits per heavy atom. The number of rotatable bonds is 8. The average Bonchev–Trinajstić information content (AvgIpc) is 2.92. The lowest BCUT2D eigenvalue weighted by Crippen LogP contribution is -2.08. The Morgan fingerprint density at radius 3 is 1.03 bits per heavy atom. The van der Waals surface area contributed by atoms with E-state index >= 15 is 0 Å². The number of anilines is 2. The number of allylic oxidation sites excluding steroid dienone is 4. The summed E-state index contributed by atoms with van der Waals surface area (Å²) < 4.78 is 0. The van der Waals surface area contributed by atoms with E-state index in [1.165, 1.54) is 44.8 Å². The van der Waals surface area contributed by atoms with Crippen molar-refractivity contribution in [1.29, 1.82) is 0 Å². The lowest BCUT2D eigenvalue weighted by Gasteiger charge is -2.16. The highest BCUT2D eigenvalue weighted by Crippen LogP contribution is 2.28. The Bertz CT molecular complexity index is 1230. The smallest absolute Gasteiger partial charge is 0.0361 e. The van der Waals surface area contributed by atoms with Gasteiger partial charge in [0.15, 0.2) is 0 Å². The van der Waals surface area contributed by atoms with Crippen LogP contribution in [0.3, 0.4) is 0 Å². The fourth-order valence-corrected chi connectivity index (χ4v) is 4.14. The summed E-state index contributed by atoms with van der Waals surface area (Å²) in [5.41, 5.74) is 9.57. The molecule has 0 N–H and O–H groups in total. The van der Waals surface area contributed by atoms with Crippen molar-refractivity contribution in [2.24, 2.45) is 0 Å². The van der Waals surface area contributed by atoms with Crippen LogP contribution in [-0.4, -0.2) is 28.2 Å². The first kappa shape index (κ1) is 24.8. The predicted octanol–water partition coefficient (Wildman–Crippen LogP) is 7.94. The van der Waals surface area contributed by atoms with Crippen LogP contribution in [0.2, 0.25) is 0 Å². The van der Waals surface area contributed by atoms with Gasteiger partial charge < -0.3 is 9.80 Å². The second-order valence-corrected chi connectivity index (χ2v) is 9.16. The topological polar surface area (TPSA) is 6.48 Å². The van der Waals surface area contributed by atoms with E-state index in [0.717, 1.165) is 0 Å². The molecule has 0 saturated carbocycles. The predicted molar refractivity (Wildman–Crippen MR) is 158 cm³/mol. The van der Waals surface area contributed by atoms with Crippen molar-refractivity contribution in [1.82, 2.24) is 0 Å². The highest BCUT2D eigenvalue weighted by molar-refractivity contribution is 5.83. The van der Waals surface area contributed by atoms with Crippen LogP contribution in [0.4, 0.5) is 11.4 Å². The Morgan fingerprint density at radius 2 is 0.722 bits per heavy atom. The third-order valence-electron chi connectivity index (χ3n) is 6.20. The first-order chi connectivity index (χ1) is 17.5. The zero-order valence-electron chi connectivity index (χ0n) is 21.6. The van der Waals surface area contributed by atoms with Gasteiger partial charge in [0.1, 0.15) is 0 Å². The Labute approximate surface area is 216 Å². The molecule has 0 aromatic heterocycles. The third kappa shape index (κ3) is 6.22. The van der Waals surface area contributed by atoms with Crippen LogP contribution in [0.5, 0.6) is 0 Å². The van der Waals surface area contributed by atoms with Gasteiger partial charge in [-0.1, -0.05) is 109 Å². The van der Waals surface area contributed by atoms with Gasteiger partial charge in [0.2, 0.25) is 0 Å². The summed E-state index contributed by atoms with van der Waals surface area (Å²) in [6.45, 7) is 0.